The van der Waals surface area contributed by atoms with Gasteiger partial charge in [-0.2, -0.15) is 0 Å². The third-order valence-corrected chi connectivity index (χ3v) is 3.81. The summed E-state index contributed by atoms with van der Waals surface area (Å²) in [6.07, 6.45) is 2.31. The molecule has 0 unspecified atom stereocenters. The second kappa shape index (κ2) is 7.05. The Balaban J connectivity index is 2.01. The topological polar surface area (TPSA) is 68.5 Å². The van der Waals surface area contributed by atoms with Crippen molar-refractivity contribution < 1.29 is 13.9 Å². The molecule has 126 valence electrons. The van der Waals surface area contributed by atoms with E-state index in [2.05, 4.69) is 11.9 Å². The van der Waals surface area contributed by atoms with E-state index in [1.807, 2.05) is 12.1 Å². The lowest BCUT2D eigenvalue weighted by molar-refractivity contribution is 0.102. The first-order chi connectivity index (χ1) is 12.1. The maximum Gasteiger partial charge on any atom is 0.349 e. The minimum atomic E-state index is -0.684. The molecule has 5 heteroatoms. The maximum atomic E-state index is 12.5. The maximum absolute atomic E-state index is 12.5. The summed E-state index contributed by atoms with van der Waals surface area (Å²) in [5.74, 6) is -0.0384. The molecule has 0 aliphatic heterocycles. The van der Waals surface area contributed by atoms with E-state index in [0.29, 0.717) is 28.8 Å². The van der Waals surface area contributed by atoms with E-state index in [4.69, 9.17) is 9.15 Å². The van der Waals surface area contributed by atoms with Crippen LogP contribution < -0.4 is 15.7 Å². The standard InChI is InChI=1S/C20H17NO4/c1-3-7-13-8-6-9-14-12-15(20(23)25-18(13)14)19(22)21-16-10-4-5-11-17(16)24-2/h3-6,8-12H,1,7H2,2H3,(H,21,22). The average molecular weight is 335 g/mol. The molecule has 1 aromatic heterocycles. The molecule has 0 saturated carbocycles. The van der Waals surface area contributed by atoms with Gasteiger partial charge in [-0.05, 0) is 30.2 Å². The van der Waals surface area contributed by atoms with Gasteiger partial charge in [0, 0.05) is 5.39 Å². The molecule has 0 radical (unpaired) electrons. The van der Waals surface area contributed by atoms with Gasteiger partial charge in [-0.25, -0.2) is 4.79 Å². The second-order valence-corrected chi connectivity index (χ2v) is 5.43. The van der Waals surface area contributed by atoms with Gasteiger partial charge in [0.05, 0.1) is 12.8 Å². The van der Waals surface area contributed by atoms with Crippen LogP contribution in [0.25, 0.3) is 11.0 Å². The summed E-state index contributed by atoms with van der Waals surface area (Å²) in [6.45, 7) is 3.70. The number of anilines is 1. The Morgan fingerprint density at radius 2 is 2.04 bits per heavy atom. The van der Waals surface area contributed by atoms with Crippen molar-refractivity contribution in [3.8, 4) is 5.75 Å². The number of ether oxygens (including phenoxy) is 1. The van der Waals surface area contributed by atoms with Gasteiger partial charge in [0.25, 0.3) is 5.91 Å². The van der Waals surface area contributed by atoms with Crippen LogP contribution in [-0.4, -0.2) is 13.0 Å². The first-order valence-electron chi connectivity index (χ1n) is 7.75. The number of hydrogen-bond donors (Lipinski definition) is 1. The summed E-state index contributed by atoms with van der Waals surface area (Å²) in [4.78, 5) is 24.8. The van der Waals surface area contributed by atoms with Gasteiger partial charge >= 0.3 is 5.63 Å². The van der Waals surface area contributed by atoms with Gasteiger partial charge in [0.1, 0.15) is 16.9 Å². The lowest BCUT2D eigenvalue weighted by Gasteiger charge is -2.10. The van der Waals surface area contributed by atoms with E-state index in [-0.39, 0.29) is 5.56 Å². The zero-order chi connectivity index (χ0) is 17.8. The van der Waals surface area contributed by atoms with Crippen molar-refractivity contribution in [2.75, 3.05) is 12.4 Å². The summed E-state index contributed by atoms with van der Waals surface area (Å²) in [5, 5.41) is 3.37. The fourth-order valence-corrected chi connectivity index (χ4v) is 2.62. The monoisotopic (exact) mass is 335 g/mol. The van der Waals surface area contributed by atoms with Crippen LogP contribution in [0.15, 0.2) is 70.4 Å². The lowest BCUT2D eigenvalue weighted by Crippen LogP contribution is -2.21. The smallest absolute Gasteiger partial charge is 0.349 e. The van der Waals surface area contributed by atoms with E-state index in [1.54, 1.807) is 42.5 Å². The number of para-hydroxylation sites is 3. The highest BCUT2D eigenvalue weighted by atomic mass is 16.5. The summed E-state index contributed by atoms with van der Waals surface area (Å²) in [6, 6.07) is 14.0. The van der Waals surface area contributed by atoms with Gasteiger partial charge in [0.2, 0.25) is 0 Å². The molecule has 25 heavy (non-hydrogen) atoms. The number of carbonyl (C=O) groups excluding carboxylic acids is 1. The summed E-state index contributed by atoms with van der Waals surface area (Å²) >= 11 is 0. The molecule has 0 saturated heterocycles. The van der Waals surface area contributed by atoms with Crippen LogP contribution >= 0.6 is 0 Å². The highest BCUT2D eigenvalue weighted by molar-refractivity contribution is 6.06. The first kappa shape index (κ1) is 16.5. The van der Waals surface area contributed by atoms with E-state index in [9.17, 15) is 9.59 Å². The van der Waals surface area contributed by atoms with E-state index in [0.717, 1.165) is 5.56 Å². The molecule has 0 aliphatic rings. The molecule has 0 bridgehead atoms. The third kappa shape index (κ3) is 3.30. The van der Waals surface area contributed by atoms with Crippen molar-refractivity contribution >= 4 is 22.6 Å². The summed E-state index contributed by atoms with van der Waals surface area (Å²) < 4.78 is 10.6. The number of hydrogen-bond acceptors (Lipinski definition) is 4. The minimum absolute atomic E-state index is 0.0610. The molecular formula is C20H17NO4. The van der Waals surface area contributed by atoms with Crippen molar-refractivity contribution in [2.24, 2.45) is 0 Å². The van der Waals surface area contributed by atoms with Crippen LogP contribution in [0.5, 0.6) is 5.75 Å². The van der Waals surface area contributed by atoms with Crippen molar-refractivity contribution in [1.29, 1.82) is 0 Å². The van der Waals surface area contributed by atoms with Crippen molar-refractivity contribution in [2.45, 2.75) is 6.42 Å². The normalized spacial score (nSPS) is 10.4. The first-order valence-corrected chi connectivity index (χ1v) is 7.75. The SMILES string of the molecule is C=CCc1cccc2cc(C(=O)Nc3ccccc3OC)c(=O)oc12. The molecule has 1 heterocycles. The highest BCUT2D eigenvalue weighted by Gasteiger charge is 2.16. The Morgan fingerprint density at radius 3 is 2.80 bits per heavy atom. The van der Waals surface area contributed by atoms with Gasteiger partial charge in [-0.15, -0.1) is 6.58 Å². The number of nitrogens with one attached hydrogen (secondary N) is 1. The highest BCUT2D eigenvalue weighted by Crippen LogP contribution is 2.24. The molecule has 2 aromatic carbocycles. The number of carbonyl (C=O) groups is 1. The van der Waals surface area contributed by atoms with E-state index < -0.39 is 11.5 Å². The number of rotatable bonds is 5. The van der Waals surface area contributed by atoms with Crippen molar-refractivity contribution in [3.63, 3.8) is 0 Å². The number of fused-ring (bicyclic) bond motifs is 1. The molecule has 3 rings (SSSR count). The Kier molecular flexibility index (Phi) is 4.66. The molecule has 3 aromatic rings. The molecule has 0 atom stereocenters. The van der Waals surface area contributed by atoms with Crippen LogP contribution in [-0.2, 0) is 6.42 Å². The summed E-state index contributed by atoms with van der Waals surface area (Å²) in [5.41, 5.74) is 1.06. The van der Waals surface area contributed by atoms with Crippen LogP contribution in [0.4, 0.5) is 5.69 Å². The van der Waals surface area contributed by atoms with Crippen molar-refractivity contribution in [3.05, 3.63) is 82.7 Å². The quantitative estimate of drug-likeness (QED) is 0.569. The third-order valence-electron chi connectivity index (χ3n) is 3.81. The molecule has 0 aliphatic carbocycles. The molecule has 1 N–H and O–H groups in total. The largest absolute Gasteiger partial charge is 0.495 e. The summed E-state index contributed by atoms with van der Waals surface area (Å²) in [7, 11) is 1.51. The molecule has 0 fully saturated rings. The molecular weight excluding hydrogens is 318 g/mol. The molecule has 1 amide bonds. The van der Waals surface area contributed by atoms with Crippen LogP contribution in [0, 0.1) is 0 Å². The van der Waals surface area contributed by atoms with E-state index >= 15 is 0 Å². The van der Waals surface area contributed by atoms with Gasteiger partial charge in [-0.3, -0.25) is 4.79 Å². The fraction of sp³-hybridized carbons (Fsp3) is 0.100. The van der Waals surface area contributed by atoms with Crippen molar-refractivity contribution in [1.82, 2.24) is 0 Å². The van der Waals surface area contributed by atoms with Gasteiger partial charge in [0.15, 0.2) is 0 Å². The molecule has 5 nitrogen and oxygen atoms in total. The average Bonchev–Trinajstić information content (AvgIpc) is 2.62. The zero-order valence-corrected chi connectivity index (χ0v) is 13.7. The van der Waals surface area contributed by atoms with Crippen LogP contribution in [0.1, 0.15) is 15.9 Å². The number of allylic oxidation sites excluding steroid dienone is 1. The molecule has 0 spiro atoms. The Hall–Kier alpha value is -3.34. The minimum Gasteiger partial charge on any atom is -0.495 e. The van der Waals surface area contributed by atoms with E-state index in [1.165, 1.54) is 7.11 Å². The second-order valence-electron chi connectivity index (χ2n) is 5.43. The predicted molar refractivity (Wildman–Crippen MR) is 97.3 cm³/mol. The Bertz CT molecular complexity index is 1000. The Morgan fingerprint density at radius 1 is 1.24 bits per heavy atom. The van der Waals surface area contributed by atoms with Crippen LogP contribution in [0.2, 0.25) is 0 Å². The predicted octanol–water partition coefficient (Wildman–Crippen LogP) is 3.78. The van der Waals surface area contributed by atoms with Gasteiger partial charge in [-0.1, -0.05) is 36.4 Å². The van der Waals surface area contributed by atoms with Crippen LogP contribution in [0.3, 0.4) is 0 Å². The number of methoxy groups -OCH3 is 1. The lowest BCUT2D eigenvalue weighted by atomic mass is 10.1. The zero-order valence-electron chi connectivity index (χ0n) is 13.7. The van der Waals surface area contributed by atoms with Gasteiger partial charge < -0.3 is 14.5 Å². The number of benzene rings is 2. The Labute approximate surface area is 144 Å². The number of amides is 1. The fourth-order valence-electron chi connectivity index (χ4n) is 2.62.